The number of hydrogen-bond donors (Lipinski definition) is 1. The fraction of sp³-hybridized carbons (Fsp3) is 0.941. The molecule has 2 aliphatic rings. The molecule has 0 aromatic carbocycles. The molecule has 1 aliphatic heterocycles. The van der Waals surface area contributed by atoms with Crippen LogP contribution in [0.1, 0.15) is 58.8 Å². The number of esters is 1. The molecule has 1 heterocycles. The number of nitrogens with two attached hydrogens (primary N) is 1. The Kier molecular flexibility index (Phi) is 6.06. The summed E-state index contributed by atoms with van der Waals surface area (Å²) in [6.07, 6.45) is 7.89. The lowest BCUT2D eigenvalue weighted by Gasteiger charge is -2.31. The van der Waals surface area contributed by atoms with Gasteiger partial charge in [0, 0.05) is 0 Å². The highest BCUT2D eigenvalue weighted by Gasteiger charge is 2.46. The van der Waals surface area contributed by atoms with E-state index in [1.54, 1.807) is 0 Å². The topological polar surface area (TPSA) is 55.6 Å². The molecule has 0 spiro atoms. The van der Waals surface area contributed by atoms with Crippen molar-refractivity contribution < 1.29 is 9.53 Å². The minimum atomic E-state index is -0.727. The third kappa shape index (κ3) is 4.19. The molecule has 4 nitrogen and oxygen atoms in total. The summed E-state index contributed by atoms with van der Waals surface area (Å²) in [5, 5.41) is 0. The number of rotatable bonds is 5. The summed E-state index contributed by atoms with van der Waals surface area (Å²) in [4.78, 5) is 14.7. The van der Waals surface area contributed by atoms with Crippen molar-refractivity contribution in [2.24, 2.45) is 17.6 Å². The van der Waals surface area contributed by atoms with E-state index in [0.717, 1.165) is 38.1 Å². The van der Waals surface area contributed by atoms with Gasteiger partial charge in [-0.15, -0.1) is 0 Å². The van der Waals surface area contributed by atoms with E-state index in [1.165, 1.54) is 32.4 Å². The molecule has 0 bridgehead atoms. The van der Waals surface area contributed by atoms with Crippen molar-refractivity contribution in [3.8, 4) is 0 Å². The minimum Gasteiger partial charge on any atom is -0.465 e. The zero-order valence-electron chi connectivity index (χ0n) is 13.8. The second-order valence-corrected chi connectivity index (χ2v) is 7.02. The molecule has 0 aromatic rings. The Labute approximate surface area is 129 Å². The Balaban J connectivity index is 1.85. The van der Waals surface area contributed by atoms with Gasteiger partial charge in [0.25, 0.3) is 0 Å². The summed E-state index contributed by atoms with van der Waals surface area (Å²) in [6, 6.07) is 0. The Bertz CT molecular complexity index is 348. The van der Waals surface area contributed by atoms with Gasteiger partial charge in [0.05, 0.1) is 6.61 Å². The highest BCUT2D eigenvalue weighted by atomic mass is 16.5. The summed E-state index contributed by atoms with van der Waals surface area (Å²) in [5.74, 6) is 0.962. The predicted molar refractivity (Wildman–Crippen MR) is 85.0 cm³/mol. The smallest absolute Gasteiger partial charge is 0.326 e. The second-order valence-electron chi connectivity index (χ2n) is 7.02. The fourth-order valence-electron chi connectivity index (χ4n) is 3.92. The first kappa shape index (κ1) is 16.8. The molecule has 3 atom stereocenters. The highest BCUT2D eigenvalue weighted by molar-refractivity contribution is 5.81. The van der Waals surface area contributed by atoms with Crippen molar-refractivity contribution in [2.45, 2.75) is 64.3 Å². The van der Waals surface area contributed by atoms with Crippen LogP contribution in [0.4, 0.5) is 0 Å². The predicted octanol–water partition coefficient (Wildman–Crippen LogP) is 2.56. The average molecular weight is 296 g/mol. The summed E-state index contributed by atoms with van der Waals surface area (Å²) >= 11 is 0. The van der Waals surface area contributed by atoms with Crippen LogP contribution in [0.2, 0.25) is 0 Å². The van der Waals surface area contributed by atoms with Gasteiger partial charge in [-0.2, -0.15) is 0 Å². The first-order chi connectivity index (χ1) is 10.1. The van der Waals surface area contributed by atoms with Gasteiger partial charge >= 0.3 is 5.97 Å². The number of hydrogen-bond acceptors (Lipinski definition) is 4. The maximum atomic E-state index is 12.2. The van der Waals surface area contributed by atoms with Crippen LogP contribution in [0.15, 0.2) is 0 Å². The molecule has 1 aliphatic carbocycles. The van der Waals surface area contributed by atoms with E-state index in [4.69, 9.17) is 10.5 Å². The monoisotopic (exact) mass is 296 g/mol. The Hall–Kier alpha value is -0.610. The zero-order valence-corrected chi connectivity index (χ0v) is 13.8. The first-order valence-corrected chi connectivity index (χ1v) is 8.74. The number of carbonyl (C=O) groups is 1. The van der Waals surface area contributed by atoms with Crippen LogP contribution in [0.25, 0.3) is 0 Å². The van der Waals surface area contributed by atoms with E-state index >= 15 is 0 Å². The SMILES string of the molecule is CCOC(=O)C1(N)CCCC1CCN1CCCC(C)CC1. The van der Waals surface area contributed by atoms with Crippen molar-refractivity contribution in [3.05, 3.63) is 0 Å². The number of likely N-dealkylation sites (tertiary alicyclic amines) is 1. The van der Waals surface area contributed by atoms with Crippen LogP contribution in [0, 0.1) is 11.8 Å². The first-order valence-electron chi connectivity index (χ1n) is 8.74. The number of nitrogens with zero attached hydrogens (tertiary/aromatic N) is 1. The third-order valence-electron chi connectivity index (χ3n) is 5.43. The molecule has 122 valence electrons. The molecule has 0 radical (unpaired) electrons. The lowest BCUT2D eigenvalue weighted by Crippen LogP contribution is -2.52. The van der Waals surface area contributed by atoms with E-state index < -0.39 is 5.54 Å². The Morgan fingerprint density at radius 3 is 2.86 bits per heavy atom. The molecule has 0 amide bonds. The molecule has 21 heavy (non-hydrogen) atoms. The summed E-state index contributed by atoms with van der Waals surface area (Å²) in [6.45, 7) is 8.11. The number of carbonyl (C=O) groups excluding carboxylic acids is 1. The molecular formula is C17H32N2O2. The number of ether oxygens (including phenoxy) is 1. The normalized spacial score (nSPS) is 34.6. The highest BCUT2D eigenvalue weighted by Crippen LogP contribution is 2.37. The molecule has 3 unspecified atom stereocenters. The van der Waals surface area contributed by atoms with Gasteiger partial charge in [0.2, 0.25) is 0 Å². The molecule has 2 N–H and O–H groups in total. The van der Waals surface area contributed by atoms with Gasteiger partial charge in [-0.25, -0.2) is 0 Å². The quantitative estimate of drug-likeness (QED) is 0.792. The molecule has 1 saturated heterocycles. The Morgan fingerprint density at radius 1 is 1.29 bits per heavy atom. The third-order valence-corrected chi connectivity index (χ3v) is 5.43. The summed E-state index contributed by atoms with van der Waals surface area (Å²) in [7, 11) is 0. The molecule has 2 rings (SSSR count). The molecule has 1 saturated carbocycles. The molecular weight excluding hydrogens is 264 g/mol. The lowest BCUT2D eigenvalue weighted by molar-refractivity contribution is -0.151. The van der Waals surface area contributed by atoms with Crippen LogP contribution in [0.3, 0.4) is 0 Å². The van der Waals surface area contributed by atoms with Gasteiger partial charge in [-0.05, 0) is 76.9 Å². The molecule has 4 heteroatoms. The maximum absolute atomic E-state index is 12.2. The standard InChI is InChI=1S/C17H32N2O2/c1-3-21-16(20)17(18)10-4-7-15(17)9-13-19-11-5-6-14(2)8-12-19/h14-15H,3-13,18H2,1-2H3. The van der Waals surface area contributed by atoms with Gasteiger partial charge in [0.15, 0.2) is 0 Å². The van der Waals surface area contributed by atoms with Crippen molar-refractivity contribution in [1.82, 2.24) is 4.90 Å². The average Bonchev–Trinajstić information content (AvgIpc) is 2.71. The molecule has 0 aromatic heterocycles. The fourth-order valence-corrected chi connectivity index (χ4v) is 3.92. The van der Waals surface area contributed by atoms with E-state index in [1.807, 2.05) is 6.92 Å². The lowest BCUT2D eigenvalue weighted by atomic mass is 9.85. The Morgan fingerprint density at radius 2 is 2.10 bits per heavy atom. The van der Waals surface area contributed by atoms with Crippen LogP contribution < -0.4 is 5.73 Å². The second kappa shape index (κ2) is 7.59. The van der Waals surface area contributed by atoms with Crippen molar-refractivity contribution in [3.63, 3.8) is 0 Å². The summed E-state index contributed by atoms with van der Waals surface area (Å²) in [5.41, 5.74) is 5.68. The van der Waals surface area contributed by atoms with E-state index in [2.05, 4.69) is 11.8 Å². The van der Waals surface area contributed by atoms with Gasteiger partial charge < -0.3 is 15.4 Å². The maximum Gasteiger partial charge on any atom is 0.326 e. The van der Waals surface area contributed by atoms with Gasteiger partial charge in [-0.3, -0.25) is 4.79 Å². The molecule has 2 fully saturated rings. The van der Waals surface area contributed by atoms with Crippen LogP contribution in [-0.2, 0) is 9.53 Å². The van der Waals surface area contributed by atoms with E-state index in [-0.39, 0.29) is 11.9 Å². The van der Waals surface area contributed by atoms with Gasteiger partial charge in [-0.1, -0.05) is 13.3 Å². The van der Waals surface area contributed by atoms with Crippen molar-refractivity contribution >= 4 is 5.97 Å². The summed E-state index contributed by atoms with van der Waals surface area (Å²) < 4.78 is 5.21. The van der Waals surface area contributed by atoms with E-state index in [0.29, 0.717) is 6.61 Å². The van der Waals surface area contributed by atoms with Gasteiger partial charge in [0.1, 0.15) is 5.54 Å². The minimum absolute atomic E-state index is 0.183. The van der Waals surface area contributed by atoms with Crippen LogP contribution in [0.5, 0.6) is 0 Å². The van der Waals surface area contributed by atoms with E-state index in [9.17, 15) is 4.79 Å². The van der Waals surface area contributed by atoms with Crippen molar-refractivity contribution in [2.75, 3.05) is 26.2 Å². The van der Waals surface area contributed by atoms with Crippen molar-refractivity contribution in [1.29, 1.82) is 0 Å². The zero-order chi connectivity index (χ0) is 15.3. The van der Waals surface area contributed by atoms with Crippen LogP contribution >= 0.6 is 0 Å². The van der Waals surface area contributed by atoms with Crippen LogP contribution in [-0.4, -0.2) is 42.6 Å². The largest absolute Gasteiger partial charge is 0.465 e.